The lowest BCUT2D eigenvalue weighted by atomic mass is 10.1. The molecule has 28 heavy (non-hydrogen) atoms. The molecule has 2 aliphatic rings. The van der Waals surface area contributed by atoms with Crippen LogP contribution in [0.2, 0.25) is 0 Å². The summed E-state index contributed by atoms with van der Waals surface area (Å²) < 4.78 is 16.5. The SMILES string of the molecule is O=C(c1cc(-c2ccc3c(c2)OCO3)n[nH]1)N1CCC(Oc2cccnn2)C1. The summed E-state index contributed by atoms with van der Waals surface area (Å²) in [6.07, 6.45) is 2.23. The zero-order valence-electron chi connectivity index (χ0n) is 14.9. The van der Waals surface area contributed by atoms with Gasteiger partial charge in [-0.2, -0.15) is 10.2 Å². The third kappa shape index (κ3) is 3.11. The molecule has 0 aliphatic carbocycles. The van der Waals surface area contributed by atoms with Crippen molar-refractivity contribution in [2.24, 2.45) is 0 Å². The molecule has 5 rings (SSSR count). The first-order chi connectivity index (χ1) is 13.8. The minimum atomic E-state index is -0.107. The second kappa shape index (κ2) is 6.84. The van der Waals surface area contributed by atoms with Crippen LogP contribution in [0.25, 0.3) is 11.3 Å². The van der Waals surface area contributed by atoms with E-state index in [1.54, 1.807) is 29.3 Å². The fourth-order valence-corrected chi connectivity index (χ4v) is 3.34. The van der Waals surface area contributed by atoms with Crippen LogP contribution >= 0.6 is 0 Å². The van der Waals surface area contributed by atoms with Crippen LogP contribution in [0.1, 0.15) is 16.9 Å². The number of nitrogens with zero attached hydrogens (tertiary/aromatic N) is 4. The van der Waals surface area contributed by atoms with Gasteiger partial charge >= 0.3 is 0 Å². The van der Waals surface area contributed by atoms with Crippen LogP contribution in [-0.4, -0.2) is 57.2 Å². The lowest BCUT2D eigenvalue weighted by Gasteiger charge is -2.15. The van der Waals surface area contributed by atoms with Gasteiger partial charge in [0.15, 0.2) is 11.5 Å². The third-order valence-electron chi connectivity index (χ3n) is 4.74. The van der Waals surface area contributed by atoms with E-state index in [9.17, 15) is 4.79 Å². The largest absolute Gasteiger partial charge is 0.471 e. The Bertz CT molecular complexity index is 1010. The van der Waals surface area contributed by atoms with E-state index in [0.29, 0.717) is 41.9 Å². The summed E-state index contributed by atoms with van der Waals surface area (Å²) in [7, 11) is 0. The second-order valence-corrected chi connectivity index (χ2v) is 6.58. The average molecular weight is 379 g/mol. The van der Waals surface area contributed by atoms with Gasteiger partial charge in [-0.3, -0.25) is 9.89 Å². The first-order valence-corrected chi connectivity index (χ1v) is 8.95. The molecule has 9 nitrogen and oxygen atoms in total. The van der Waals surface area contributed by atoms with Crippen molar-refractivity contribution in [2.45, 2.75) is 12.5 Å². The van der Waals surface area contributed by atoms with Gasteiger partial charge in [0, 0.05) is 30.8 Å². The van der Waals surface area contributed by atoms with Crippen LogP contribution in [0.15, 0.2) is 42.6 Å². The summed E-state index contributed by atoms with van der Waals surface area (Å²) >= 11 is 0. The Morgan fingerprint density at radius 2 is 2.14 bits per heavy atom. The molecule has 1 N–H and O–H groups in total. The standard InChI is InChI=1S/C19H17N5O4/c25-19(24-7-5-13(10-24)28-18-2-1-6-20-23-18)15-9-14(21-22-15)12-3-4-16-17(8-12)27-11-26-16/h1-4,6,8-9,13H,5,7,10-11H2,(H,21,22). The second-order valence-electron chi connectivity index (χ2n) is 6.58. The first kappa shape index (κ1) is 16.5. The molecule has 4 heterocycles. The highest BCUT2D eigenvalue weighted by atomic mass is 16.7. The molecule has 1 atom stereocenters. The highest BCUT2D eigenvalue weighted by Crippen LogP contribution is 2.35. The molecular weight excluding hydrogens is 362 g/mol. The number of nitrogens with one attached hydrogen (secondary N) is 1. The summed E-state index contributed by atoms with van der Waals surface area (Å²) in [4.78, 5) is 14.6. The van der Waals surface area contributed by atoms with Crippen molar-refractivity contribution >= 4 is 5.91 Å². The molecule has 1 amide bonds. The molecule has 1 aromatic carbocycles. The average Bonchev–Trinajstić information content (AvgIpc) is 3.48. The molecule has 0 radical (unpaired) electrons. The predicted molar refractivity (Wildman–Crippen MR) is 97.1 cm³/mol. The van der Waals surface area contributed by atoms with Gasteiger partial charge in [-0.05, 0) is 30.3 Å². The van der Waals surface area contributed by atoms with E-state index >= 15 is 0 Å². The Morgan fingerprint density at radius 1 is 1.21 bits per heavy atom. The van der Waals surface area contributed by atoms with Gasteiger partial charge in [-0.1, -0.05) is 0 Å². The predicted octanol–water partition coefficient (Wildman–Crippen LogP) is 1.89. The number of rotatable bonds is 4. The van der Waals surface area contributed by atoms with Crippen molar-refractivity contribution in [3.05, 3.63) is 48.3 Å². The summed E-state index contributed by atoms with van der Waals surface area (Å²) in [5, 5.41) is 14.8. The third-order valence-corrected chi connectivity index (χ3v) is 4.74. The van der Waals surface area contributed by atoms with Gasteiger partial charge in [-0.25, -0.2) is 0 Å². The highest BCUT2D eigenvalue weighted by Gasteiger charge is 2.29. The Kier molecular flexibility index (Phi) is 4.04. The van der Waals surface area contributed by atoms with E-state index in [-0.39, 0.29) is 18.8 Å². The maximum Gasteiger partial charge on any atom is 0.272 e. The molecule has 2 aliphatic heterocycles. The molecule has 0 saturated carbocycles. The Hall–Kier alpha value is -3.62. The summed E-state index contributed by atoms with van der Waals surface area (Å²) in [6.45, 7) is 1.33. The van der Waals surface area contributed by atoms with E-state index in [1.165, 1.54) is 0 Å². The van der Waals surface area contributed by atoms with Crippen molar-refractivity contribution in [3.63, 3.8) is 0 Å². The zero-order chi connectivity index (χ0) is 18.9. The lowest BCUT2D eigenvalue weighted by molar-refractivity contribution is 0.0765. The monoisotopic (exact) mass is 379 g/mol. The number of aromatic nitrogens is 4. The number of hydrogen-bond acceptors (Lipinski definition) is 7. The molecule has 9 heteroatoms. The molecular formula is C19H17N5O4. The van der Waals surface area contributed by atoms with Gasteiger partial charge in [0.1, 0.15) is 11.8 Å². The van der Waals surface area contributed by atoms with Crippen LogP contribution in [-0.2, 0) is 0 Å². The Balaban J connectivity index is 1.26. The number of likely N-dealkylation sites (tertiary alicyclic amines) is 1. The van der Waals surface area contributed by atoms with Gasteiger partial charge < -0.3 is 19.1 Å². The number of amides is 1. The molecule has 3 aromatic rings. The molecule has 1 saturated heterocycles. The number of hydrogen-bond donors (Lipinski definition) is 1. The zero-order valence-corrected chi connectivity index (χ0v) is 14.9. The number of carbonyl (C=O) groups is 1. The molecule has 0 bridgehead atoms. The quantitative estimate of drug-likeness (QED) is 0.738. The minimum Gasteiger partial charge on any atom is -0.471 e. The highest BCUT2D eigenvalue weighted by molar-refractivity contribution is 5.93. The maximum absolute atomic E-state index is 12.8. The molecule has 1 fully saturated rings. The van der Waals surface area contributed by atoms with Crippen LogP contribution in [0.4, 0.5) is 0 Å². The minimum absolute atomic E-state index is 0.100. The van der Waals surface area contributed by atoms with Crippen LogP contribution < -0.4 is 14.2 Å². The van der Waals surface area contributed by atoms with Crippen molar-refractivity contribution in [1.82, 2.24) is 25.3 Å². The van der Waals surface area contributed by atoms with E-state index in [0.717, 1.165) is 12.0 Å². The Morgan fingerprint density at radius 3 is 3.04 bits per heavy atom. The first-order valence-electron chi connectivity index (χ1n) is 8.95. The van der Waals surface area contributed by atoms with Crippen molar-refractivity contribution in [2.75, 3.05) is 19.9 Å². The van der Waals surface area contributed by atoms with Crippen molar-refractivity contribution in [3.8, 4) is 28.6 Å². The van der Waals surface area contributed by atoms with Gasteiger partial charge in [-0.15, -0.1) is 5.10 Å². The number of H-pyrrole nitrogens is 1. The number of aromatic amines is 1. The van der Waals surface area contributed by atoms with E-state index < -0.39 is 0 Å². The van der Waals surface area contributed by atoms with E-state index in [2.05, 4.69) is 20.4 Å². The maximum atomic E-state index is 12.8. The van der Waals surface area contributed by atoms with Crippen molar-refractivity contribution < 1.29 is 19.0 Å². The molecule has 142 valence electrons. The fraction of sp³-hybridized carbons (Fsp3) is 0.263. The molecule has 2 aromatic heterocycles. The smallest absolute Gasteiger partial charge is 0.272 e. The van der Waals surface area contributed by atoms with E-state index in [1.807, 2.05) is 18.2 Å². The van der Waals surface area contributed by atoms with Crippen LogP contribution in [0.3, 0.4) is 0 Å². The number of benzene rings is 1. The Labute approximate surface area is 160 Å². The fourth-order valence-electron chi connectivity index (χ4n) is 3.34. The van der Waals surface area contributed by atoms with E-state index in [4.69, 9.17) is 14.2 Å². The lowest BCUT2D eigenvalue weighted by Crippen LogP contribution is -2.31. The normalized spacial score (nSPS) is 17.7. The van der Waals surface area contributed by atoms with Gasteiger partial charge in [0.05, 0.1) is 12.2 Å². The van der Waals surface area contributed by atoms with Crippen LogP contribution in [0, 0.1) is 0 Å². The summed E-state index contributed by atoms with van der Waals surface area (Å²) in [5.41, 5.74) is 1.96. The summed E-state index contributed by atoms with van der Waals surface area (Å²) in [5.74, 6) is 1.75. The number of carbonyl (C=O) groups excluding carboxylic acids is 1. The summed E-state index contributed by atoms with van der Waals surface area (Å²) in [6, 6.07) is 10.8. The van der Waals surface area contributed by atoms with Gasteiger partial charge in [0.2, 0.25) is 12.7 Å². The topological polar surface area (TPSA) is 102 Å². The number of fused-ring (bicyclic) bond motifs is 1. The number of ether oxygens (including phenoxy) is 3. The van der Waals surface area contributed by atoms with Crippen LogP contribution in [0.5, 0.6) is 17.4 Å². The molecule has 0 spiro atoms. The van der Waals surface area contributed by atoms with Crippen molar-refractivity contribution in [1.29, 1.82) is 0 Å². The molecule has 1 unspecified atom stereocenters. The van der Waals surface area contributed by atoms with Gasteiger partial charge in [0.25, 0.3) is 5.91 Å².